The first-order valence-electron chi connectivity index (χ1n) is 4.55. The topological polar surface area (TPSA) is 74.9 Å². The van der Waals surface area contributed by atoms with Crippen molar-refractivity contribution < 1.29 is 5.11 Å². The van der Waals surface area contributed by atoms with E-state index in [0.717, 1.165) is 12.1 Å². The SMILES string of the molecule is CC(C)Cc1cnc(C(O)CN)[nH]1. The second kappa shape index (κ2) is 4.39. The maximum atomic E-state index is 9.36. The van der Waals surface area contributed by atoms with E-state index in [1.165, 1.54) is 0 Å². The number of aromatic amines is 1. The summed E-state index contributed by atoms with van der Waals surface area (Å²) in [7, 11) is 0. The normalized spacial score (nSPS) is 13.6. The van der Waals surface area contributed by atoms with Crippen molar-refractivity contribution in [3.63, 3.8) is 0 Å². The number of nitrogens with two attached hydrogens (primary N) is 1. The number of nitrogens with one attached hydrogen (secondary N) is 1. The second-order valence-corrected chi connectivity index (χ2v) is 3.64. The van der Waals surface area contributed by atoms with E-state index in [-0.39, 0.29) is 6.54 Å². The fourth-order valence-corrected chi connectivity index (χ4v) is 1.20. The van der Waals surface area contributed by atoms with E-state index < -0.39 is 6.10 Å². The van der Waals surface area contributed by atoms with Gasteiger partial charge >= 0.3 is 0 Å². The Balaban J connectivity index is 2.63. The van der Waals surface area contributed by atoms with Crippen LogP contribution in [-0.2, 0) is 6.42 Å². The summed E-state index contributed by atoms with van der Waals surface area (Å²) in [6.07, 6.45) is 2.04. The molecule has 0 aromatic carbocycles. The van der Waals surface area contributed by atoms with Crippen molar-refractivity contribution in [2.75, 3.05) is 6.54 Å². The number of aliphatic hydroxyl groups is 1. The molecule has 0 radical (unpaired) electrons. The summed E-state index contributed by atoms with van der Waals surface area (Å²) in [6, 6.07) is 0. The van der Waals surface area contributed by atoms with E-state index in [9.17, 15) is 5.11 Å². The Hall–Kier alpha value is -0.870. The lowest BCUT2D eigenvalue weighted by Crippen LogP contribution is -2.12. The van der Waals surface area contributed by atoms with E-state index in [1.807, 2.05) is 0 Å². The van der Waals surface area contributed by atoms with E-state index in [2.05, 4.69) is 23.8 Å². The van der Waals surface area contributed by atoms with Crippen molar-refractivity contribution in [3.8, 4) is 0 Å². The Morgan fingerprint density at radius 1 is 1.62 bits per heavy atom. The van der Waals surface area contributed by atoms with Crippen molar-refractivity contribution in [2.24, 2.45) is 11.7 Å². The third-order valence-corrected chi connectivity index (χ3v) is 1.82. The van der Waals surface area contributed by atoms with E-state index in [1.54, 1.807) is 6.20 Å². The summed E-state index contributed by atoms with van der Waals surface area (Å²) in [5, 5.41) is 9.36. The number of aromatic nitrogens is 2. The van der Waals surface area contributed by atoms with Crippen LogP contribution in [0.4, 0.5) is 0 Å². The predicted octanol–water partition coefficient (Wildman–Crippen LogP) is 0.600. The second-order valence-electron chi connectivity index (χ2n) is 3.64. The molecule has 0 aliphatic heterocycles. The van der Waals surface area contributed by atoms with Gasteiger partial charge in [0.25, 0.3) is 0 Å². The molecule has 4 nitrogen and oxygen atoms in total. The minimum atomic E-state index is -0.666. The van der Waals surface area contributed by atoms with E-state index in [4.69, 9.17) is 5.73 Å². The Morgan fingerprint density at radius 3 is 2.85 bits per heavy atom. The molecule has 1 rings (SSSR count). The average Bonchev–Trinajstić information content (AvgIpc) is 2.50. The zero-order chi connectivity index (χ0) is 9.84. The maximum absolute atomic E-state index is 9.36. The van der Waals surface area contributed by atoms with Crippen LogP contribution in [0, 0.1) is 5.92 Å². The molecule has 0 aliphatic carbocycles. The van der Waals surface area contributed by atoms with Crippen LogP contribution in [0.15, 0.2) is 6.20 Å². The van der Waals surface area contributed by atoms with Gasteiger partial charge in [0.05, 0.1) is 0 Å². The van der Waals surface area contributed by atoms with Crippen LogP contribution in [0.1, 0.15) is 31.5 Å². The molecule has 1 atom stereocenters. The van der Waals surface area contributed by atoms with Crippen molar-refractivity contribution in [3.05, 3.63) is 17.7 Å². The number of H-pyrrole nitrogens is 1. The largest absolute Gasteiger partial charge is 0.384 e. The first-order chi connectivity index (χ1) is 6.13. The van der Waals surface area contributed by atoms with E-state index in [0.29, 0.717) is 11.7 Å². The Kier molecular flexibility index (Phi) is 3.45. The molecular weight excluding hydrogens is 166 g/mol. The molecule has 1 unspecified atom stereocenters. The minimum Gasteiger partial charge on any atom is -0.384 e. The van der Waals surface area contributed by atoms with Gasteiger partial charge in [0.1, 0.15) is 11.9 Å². The third-order valence-electron chi connectivity index (χ3n) is 1.82. The lowest BCUT2D eigenvalue weighted by atomic mass is 10.1. The van der Waals surface area contributed by atoms with Gasteiger partial charge in [0, 0.05) is 18.4 Å². The van der Waals surface area contributed by atoms with Gasteiger partial charge in [0.2, 0.25) is 0 Å². The molecule has 0 saturated heterocycles. The number of hydrogen-bond donors (Lipinski definition) is 3. The first kappa shape index (κ1) is 10.2. The van der Waals surface area contributed by atoms with Gasteiger partial charge in [-0.1, -0.05) is 13.8 Å². The number of imidazole rings is 1. The van der Waals surface area contributed by atoms with Gasteiger partial charge in [-0.2, -0.15) is 0 Å². The summed E-state index contributed by atoms with van der Waals surface area (Å²) in [5.74, 6) is 1.15. The van der Waals surface area contributed by atoms with Gasteiger partial charge in [-0.25, -0.2) is 4.98 Å². The van der Waals surface area contributed by atoms with Gasteiger partial charge < -0.3 is 15.8 Å². The highest BCUT2D eigenvalue weighted by atomic mass is 16.3. The molecular formula is C9H17N3O. The number of nitrogens with zero attached hydrogens (tertiary/aromatic N) is 1. The van der Waals surface area contributed by atoms with Crippen LogP contribution in [0.5, 0.6) is 0 Å². The highest BCUT2D eigenvalue weighted by Gasteiger charge is 2.09. The van der Waals surface area contributed by atoms with Crippen molar-refractivity contribution >= 4 is 0 Å². The molecule has 1 aromatic heterocycles. The highest BCUT2D eigenvalue weighted by Crippen LogP contribution is 2.10. The monoisotopic (exact) mass is 183 g/mol. The van der Waals surface area contributed by atoms with Crippen LogP contribution in [0.2, 0.25) is 0 Å². The molecule has 1 heterocycles. The number of hydrogen-bond acceptors (Lipinski definition) is 3. The Bertz CT molecular complexity index is 257. The fraction of sp³-hybridized carbons (Fsp3) is 0.667. The van der Waals surface area contributed by atoms with Crippen LogP contribution >= 0.6 is 0 Å². The lowest BCUT2D eigenvalue weighted by Gasteiger charge is -2.03. The summed E-state index contributed by atoms with van der Waals surface area (Å²) < 4.78 is 0. The molecule has 13 heavy (non-hydrogen) atoms. The molecule has 0 saturated carbocycles. The summed E-state index contributed by atoms with van der Waals surface area (Å²) in [5.41, 5.74) is 6.36. The molecule has 74 valence electrons. The first-order valence-corrected chi connectivity index (χ1v) is 4.55. The standard InChI is InChI=1S/C9H17N3O/c1-6(2)3-7-5-11-9(12-7)8(13)4-10/h5-6,8,13H,3-4,10H2,1-2H3,(H,11,12). The summed E-state index contributed by atoms with van der Waals surface area (Å²) in [6.45, 7) is 4.48. The molecule has 0 spiro atoms. The summed E-state index contributed by atoms with van der Waals surface area (Å²) >= 11 is 0. The maximum Gasteiger partial charge on any atom is 0.136 e. The van der Waals surface area contributed by atoms with E-state index >= 15 is 0 Å². The smallest absolute Gasteiger partial charge is 0.136 e. The zero-order valence-corrected chi connectivity index (χ0v) is 8.12. The number of rotatable bonds is 4. The van der Waals surface area contributed by atoms with Crippen molar-refractivity contribution in [1.82, 2.24) is 9.97 Å². The van der Waals surface area contributed by atoms with Crippen LogP contribution in [0.3, 0.4) is 0 Å². The van der Waals surface area contributed by atoms with Gasteiger partial charge in [0.15, 0.2) is 0 Å². The molecule has 0 bridgehead atoms. The predicted molar refractivity (Wildman–Crippen MR) is 51.1 cm³/mol. The molecule has 0 fully saturated rings. The quantitative estimate of drug-likeness (QED) is 0.640. The third kappa shape index (κ3) is 2.82. The Morgan fingerprint density at radius 2 is 2.31 bits per heavy atom. The minimum absolute atomic E-state index is 0.203. The molecule has 4 heteroatoms. The molecule has 4 N–H and O–H groups in total. The molecule has 0 aliphatic rings. The molecule has 0 amide bonds. The highest BCUT2D eigenvalue weighted by molar-refractivity contribution is 5.04. The fourth-order valence-electron chi connectivity index (χ4n) is 1.20. The lowest BCUT2D eigenvalue weighted by molar-refractivity contribution is 0.177. The van der Waals surface area contributed by atoms with Crippen LogP contribution in [0.25, 0.3) is 0 Å². The van der Waals surface area contributed by atoms with Crippen molar-refractivity contribution in [1.29, 1.82) is 0 Å². The summed E-state index contributed by atoms with van der Waals surface area (Å²) in [4.78, 5) is 7.11. The van der Waals surface area contributed by atoms with Gasteiger partial charge in [-0.15, -0.1) is 0 Å². The average molecular weight is 183 g/mol. The Labute approximate surface area is 78.2 Å². The van der Waals surface area contributed by atoms with Gasteiger partial charge in [-0.05, 0) is 12.3 Å². The zero-order valence-electron chi connectivity index (χ0n) is 8.12. The molecule has 1 aromatic rings. The van der Waals surface area contributed by atoms with Crippen LogP contribution < -0.4 is 5.73 Å². The van der Waals surface area contributed by atoms with Crippen LogP contribution in [-0.4, -0.2) is 21.6 Å². The van der Waals surface area contributed by atoms with Crippen molar-refractivity contribution in [2.45, 2.75) is 26.4 Å². The van der Waals surface area contributed by atoms with Gasteiger partial charge in [-0.3, -0.25) is 0 Å². The number of aliphatic hydroxyl groups excluding tert-OH is 1.